The zero-order valence-corrected chi connectivity index (χ0v) is 15.7. The Kier molecular flexibility index (Phi) is 4.88. The molecular weight excluding hydrogens is 376 g/mol. The number of benzene rings is 3. The Morgan fingerprint density at radius 2 is 1.78 bits per heavy atom. The second kappa shape index (κ2) is 7.63. The molecule has 0 saturated carbocycles. The molecular formula is C22H13ClN2OS. The summed E-state index contributed by atoms with van der Waals surface area (Å²) in [7, 11) is 0. The summed E-state index contributed by atoms with van der Waals surface area (Å²) in [4.78, 5) is 4.54. The standard InChI is InChI=1S/C22H13ClN2OS/c23-19-13-18(26-17-6-2-1-3-7-17)11-10-15(19)12-16(14-24)22-25-20-8-4-5-9-21(20)27-22/h1-13H. The molecule has 0 saturated heterocycles. The van der Waals surface area contributed by atoms with Crippen molar-refractivity contribution in [1.82, 2.24) is 4.98 Å². The van der Waals surface area contributed by atoms with Gasteiger partial charge in [-0.1, -0.05) is 41.9 Å². The summed E-state index contributed by atoms with van der Waals surface area (Å²) >= 11 is 7.90. The Morgan fingerprint density at radius 1 is 1.00 bits per heavy atom. The van der Waals surface area contributed by atoms with E-state index in [0.29, 0.717) is 21.4 Å². The molecule has 0 aliphatic rings. The molecule has 5 heteroatoms. The second-order valence-electron chi connectivity index (χ2n) is 5.75. The molecule has 0 bridgehead atoms. The van der Waals surface area contributed by atoms with Crippen LogP contribution in [0.1, 0.15) is 10.6 Å². The Hall–Kier alpha value is -3.13. The van der Waals surface area contributed by atoms with E-state index in [1.807, 2.05) is 66.7 Å². The number of nitriles is 1. The molecule has 0 atom stereocenters. The van der Waals surface area contributed by atoms with Crippen LogP contribution >= 0.6 is 22.9 Å². The first-order chi connectivity index (χ1) is 13.2. The van der Waals surface area contributed by atoms with Gasteiger partial charge in [-0.3, -0.25) is 0 Å². The lowest BCUT2D eigenvalue weighted by atomic mass is 10.1. The van der Waals surface area contributed by atoms with Crippen molar-refractivity contribution in [2.45, 2.75) is 0 Å². The quantitative estimate of drug-likeness (QED) is 0.361. The van der Waals surface area contributed by atoms with Crippen molar-refractivity contribution in [2.75, 3.05) is 0 Å². The third kappa shape index (κ3) is 3.85. The highest BCUT2D eigenvalue weighted by atomic mass is 35.5. The number of para-hydroxylation sites is 2. The fraction of sp³-hybridized carbons (Fsp3) is 0. The number of allylic oxidation sites excluding steroid dienone is 1. The van der Waals surface area contributed by atoms with Crippen LogP contribution in [-0.4, -0.2) is 4.98 Å². The molecule has 0 unspecified atom stereocenters. The average molecular weight is 389 g/mol. The van der Waals surface area contributed by atoms with Crippen LogP contribution < -0.4 is 4.74 Å². The maximum absolute atomic E-state index is 9.59. The van der Waals surface area contributed by atoms with Gasteiger partial charge in [-0.15, -0.1) is 11.3 Å². The summed E-state index contributed by atoms with van der Waals surface area (Å²) < 4.78 is 6.84. The summed E-state index contributed by atoms with van der Waals surface area (Å²) in [5, 5.41) is 10.8. The predicted molar refractivity (Wildman–Crippen MR) is 111 cm³/mol. The van der Waals surface area contributed by atoms with E-state index in [-0.39, 0.29) is 0 Å². The molecule has 0 N–H and O–H groups in total. The summed E-state index contributed by atoms with van der Waals surface area (Å²) in [6, 6.07) is 25.0. The number of rotatable bonds is 4. The van der Waals surface area contributed by atoms with Crippen molar-refractivity contribution >= 4 is 44.8 Å². The van der Waals surface area contributed by atoms with Gasteiger partial charge in [0.1, 0.15) is 22.6 Å². The van der Waals surface area contributed by atoms with E-state index >= 15 is 0 Å². The minimum absolute atomic E-state index is 0.481. The van der Waals surface area contributed by atoms with Crippen molar-refractivity contribution in [3.63, 3.8) is 0 Å². The topological polar surface area (TPSA) is 45.9 Å². The third-order valence-electron chi connectivity index (χ3n) is 3.90. The van der Waals surface area contributed by atoms with Gasteiger partial charge in [0.15, 0.2) is 0 Å². The Morgan fingerprint density at radius 3 is 2.52 bits per heavy atom. The van der Waals surface area contributed by atoms with Gasteiger partial charge in [-0.05, 0) is 54.1 Å². The van der Waals surface area contributed by atoms with Gasteiger partial charge < -0.3 is 4.74 Å². The fourth-order valence-corrected chi connectivity index (χ4v) is 3.75. The van der Waals surface area contributed by atoms with Crippen LogP contribution in [0.2, 0.25) is 5.02 Å². The minimum atomic E-state index is 0.481. The summed E-state index contributed by atoms with van der Waals surface area (Å²) in [6.07, 6.45) is 1.76. The molecule has 4 aromatic rings. The number of hydrogen-bond donors (Lipinski definition) is 0. The van der Waals surface area contributed by atoms with Crippen LogP contribution in [0.5, 0.6) is 11.5 Å². The van der Waals surface area contributed by atoms with Crippen LogP contribution in [0.4, 0.5) is 0 Å². The lowest BCUT2D eigenvalue weighted by Gasteiger charge is -2.07. The molecule has 1 heterocycles. The molecule has 27 heavy (non-hydrogen) atoms. The molecule has 0 fully saturated rings. The van der Waals surface area contributed by atoms with Gasteiger partial charge in [0.2, 0.25) is 0 Å². The highest BCUT2D eigenvalue weighted by Gasteiger charge is 2.10. The van der Waals surface area contributed by atoms with Gasteiger partial charge in [0.05, 0.1) is 20.8 Å². The maximum atomic E-state index is 9.59. The van der Waals surface area contributed by atoms with E-state index in [1.165, 1.54) is 11.3 Å². The zero-order valence-electron chi connectivity index (χ0n) is 14.1. The van der Waals surface area contributed by atoms with Gasteiger partial charge in [-0.2, -0.15) is 5.26 Å². The van der Waals surface area contributed by atoms with Gasteiger partial charge in [-0.25, -0.2) is 4.98 Å². The molecule has 0 aliphatic heterocycles. The smallest absolute Gasteiger partial charge is 0.135 e. The maximum Gasteiger partial charge on any atom is 0.135 e. The number of halogens is 1. The van der Waals surface area contributed by atoms with Crippen LogP contribution in [-0.2, 0) is 0 Å². The van der Waals surface area contributed by atoms with Gasteiger partial charge in [0, 0.05) is 0 Å². The highest BCUT2D eigenvalue weighted by Crippen LogP contribution is 2.31. The Bertz CT molecular complexity index is 1140. The average Bonchev–Trinajstić information content (AvgIpc) is 3.12. The normalized spacial score (nSPS) is 11.3. The van der Waals surface area contributed by atoms with Crippen LogP contribution in [0.3, 0.4) is 0 Å². The van der Waals surface area contributed by atoms with Crippen molar-refractivity contribution in [2.24, 2.45) is 0 Å². The van der Waals surface area contributed by atoms with Crippen LogP contribution in [0.25, 0.3) is 21.9 Å². The van der Waals surface area contributed by atoms with E-state index in [0.717, 1.165) is 21.5 Å². The number of aromatic nitrogens is 1. The minimum Gasteiger partial charge on any atom is -0.457 e. The highest BCUT2D eigenvalue weighted by molar-refractivity contribution is 7.19. The molecule has 0 radical (unpaired) electrons. The molecule has 0 aliphatic carbocycles. The number of thiazole rings is 1. The molecule has 3 aromatic carbocycles. The summed E-state index contributed by atoms with van der Waals surface area (Å²) in [5.41, 5.74) is 2.11. The number of nitrogens with zero attached hydrogens (tertiary/aromatic N) is 2. The van der Waals surface area contributed by atoms with Gasteiger partial charge in [0.25, 0.3) is 0 Å². The molecule has 130 valence electrons. The van der Waals surface area contributed by atoms with E-state index in [4.69, 9.17) is 16.3 Å². The monoisotopic (exact) mass is 388 g/mol. The van der Waals surface area contributed by atoms with Crippen LogP contribution in [0, 0.1) is 11.3 Å². The Balaban J connectivity index is 1.64. The molecule has 3 nitrogen and oxygen atoms in total. The van der Waals surface area contributed by atoms with Crippen molar-refractivity contribution in [1.29, 1.82) is 5.26 Å². The van der Waals surface area contributed by atoms with E-state index < -0.39 is 0 Å². The van der Waals surface area contributed by atoms with Crippen molar-refractivity contribution in [3.05, 3.63) is 88.4 Å². The van der Waals surface area contributed by atoms with Crippen molar-refractivity contribution in [3.8, 4) is 17.6 Å². The zero-order chi connectivity index (χ0) is 18.6. The number of hydrogen-bond acceptors (Lipinski definition) is 4. The molecule has 1 aromatic heterocycles. The fourth-order valence-electron chi connectivity index (χ4n) is 2.60. The van der Waals surface area contributed by atoms with Crippen LogP contribution in [0.15, 0.2) is 72.8 Å². The molecule has 0 spiro atoms. The largest absolute Gasteiger partial charge is 0.457 e. The summed E-state index contributed by atoms with van der Waals surface area (Å²) in [5.74, 6) is 1.38. The lowest BCUT2D eigenvalue weighted by molar-refractivity contribution is 0.482. The van der Waals surface area contributed by atoms with E-state index in [9.17, 15) is 5.26 Å². The SMILES string of the molecule is N#CC(=Cc1ccc(Oc2ccccc2)cc1Cl)c1nc2ccccc2s1. The van der Waals surface area contributed by atoms with E-state index in [1.54, 1.807) is 12.1 Å². The molecule has 0 amide bonds. The first kappa shape index (κ1) is 17.3. The first-order valence-corrected chi connectivity index (χ1v) is 9.42. The predicted octanol–water partition coefficient (Wildman–Crippen LogP) is 6.81. The molecule has 4 rings (SSSR count). The van der Waals surface area contributed by atoms with Gasteiger partial charge >= 0.3 is 0 Å². The first-order valence-electron chi connectivity index (χ1n) is 8.23. The lowest BCUT2D eigenvalue weighted by Crippen LogP contribution is -1.86. The third-order valence-corrected chi connectivity index (χ3v) is 5.29. The number of fused-ring (bicyclic) bond motifs is 1. The van der Waals surface area contributed by atoms with E-state index in [2.05, 4.69) is 11.1 Å². The number of ether oxygens (including phenoxy) is 1. The van der Waals surface area contributed by atoms with Crippen molar-refractivity contribution < 1.29 is 4.74 Å². The summed E-state index contributed by atoms with van der Waals surface area (Å²) in [6.45, 7) is 0. The Labute approximate surface area is 165 Å². The second-order valence-corrected chi connectivity index (χ2v) is 7.19.